The summed E-state index contributed by atoms with van der Waals surface area (Å²) in [6.45, 7) is 0.978. The van der Waals surface area contributed by atoms with Gasteiger partial charge in [0.1, 0.15) is 17.2 Å². The van der Waals surface area contributed by atoms with Gasteiger partial charge in [-0.2, -0.15) is 0 Å². The molecule has 2 N–H and O–H groups in total. The number of imidazole rings is 1. The summed E-state index contributed by atoms with van der Waals surface area (Å²) in [4.78, 5) is 1.90. The van der Waals surface area contributed by atoms with E-state index in [-0.39, 0.29) is 5.76 Å². The largest absolute Gasteiger partial charge is 0.509 e. The van der Waals surface area contributed by atoms with Crippen molar-refractivity contribution in [3.63, 3.8) is 0 Å². The molecule has 1 aromatic heterocycles. The molecule has 0 saturated heterocycles. The lowest BCUT2D eigenvalue weighted by Gasteiger charge is -2.18. The zero-order valence-electron chi connectivity index (χ0n) is 14.4. The molecule has 0 aliphatic carbocycles. The minimum absolute atomic E-state index is 0.252. The number of nitrogens with one attached hydrogen (secondary N) is 1. The fourth-order valence-electron chi connectivity index (χ4n) is 3.63. The Hall–Kier alpha value is -3.08. The number of aromatic nitrogens is 2. The summed E-state index contributed by atoms with van der Waals surface area (Å²) in [5.41, 5.74) is 3.89. The van der Waals surface area contributed by atoms with E-state index in [0.717, 1.165) is 22.4 Å². The Labute approximate surface area is 146 Å². The number of fused-ring (bicyclic) bond motifs is 1. The van der Waals surface area contributed by atoms with Crippen molar-refractivity contribution in [3.05, 3.63) is 71.7 Å². The van der Waals surface area contributed by atoms with E-state index in [1.54, 1.807) is 0 Å². The standard InChI is InChI=1S/C20H20N4O/c1-22-15-10-6-7-11-16(15)23(2)20(22)18-17(25)13-24(19(18)21)12-14-8-4-3-5-9-14/h3-11,21H,12-13H2,1-2H3/p+1. The Kier molecular flexibility index (Phi) is 3.57. The van der Waals surface area contributed by atoms with Crippen molar-refractivity contribution < 1.29 is 9.67 Å². The van der Waals surface area contributed by atoms with Crippen molar-refractivity contribution in [1.82, 2.24) is 9.47 Å². The van der Waals surface area contributed by atoms with Crippen LogP contribution in [0.1, 0.15) is 11.4 Å². The maximum absolute atomic E-state index is 10.6. The van der Waals surface area contributed by atoms with Crippen molar-refractivity contribution in [2.45, 2.75) is 6.54 Å². The van der Waals surface area contributed by atoms with Crippen LogP contribution in [0, 0.1) is 5.41 Å². The van der Waals surface area contributed by atoms with Gasteiger partial charge < -0.3 is 10.0 Å². The molecule has 5 nitrogen and oxygen atoms in total. The smallest absolute Gasteiger partial charge is 0.296 e. The van der Waals surface area contributed by atoms with Crippen LogP contribution in [-0.2, 0) is 20.6 Å². The summed E-state index contributed by atoms with van der Waals surface area (Å²) in [5, 5.41) is 19.2. The van der Waals surface area contributed by atoms with Crippen LogP contribution in [0.2, 0.25) is 0 Å². The highest BCUT2D eigenvalue weighted by molar-refractivity contribution is 6.22. The van der Waals surface area contributed by atoms with Crippen molar-refractivity contribution in [1.29, 1.82) is 5.41 Å². The van der Waals surface area contributed by atoms with Crippen LogP contribution in [0.15, 0.2) is 60.4 Å². The van der Waals surface area contributed by atoms with Gasteiger partial charge in [-0.15, -0.1) is 0 Å². The van der Waals surface area contributed by atoms with E-state index in [1.165, 1.54) is 0 Å². The van der Waals surface area contributed by atoms with Gasteiger partial charge in [-0.1, -0.05) is 42.5 Å². The summed E-state index contributed by atoms with van der Waals surface area (Å²) < 4.78 is 4.09. The molecule has 4 rings (SSSR count). The molecule has 0 saturated carbocycles. The van der Waals surface area contributed by atoms with E-state index in [2.05, 4.69) is 12.1 Å². The first kappa shape index (κ1) is 15.4. The minimum atomic E-state index is 0.252. The van der Waals surface area contributed by atoms with Gasteiger partial charge in [0.25, 0.3) is 5.82 Å². The predicted molar refractivity (Wildman–Crippen MR) is 98.2 cm³/mol. The maximum atomic E-state index is 10.6. The van der Waals surface area contributed by atoms with Gasteiger partial charge >= 0.3 is 0 Å². The molecule has 5 heteroatoms. The molecule has 1 aliphatic rings. The molecule has 0 spiro atoms. The first-order chi connectivity index (χ1) is 12.1. The molecule has 126 valence electrons. The van der Waals surface area contributed by atoms with E-state index in [0.29, 0.717) is 24.5 Å². The van der Waals surface area contributed by atoms with Crippen molar-refractivity contribution in [3.8, 4) is 0 Å². The third kappa shape index (κ3) is 2.39. The van der Waals surface area contributed by atoms with E-state index in [9.17, 15) is 5.11 Å². The molecular weight excluding hydrogens is 312 g/mol. The Morgan fingerprint density at radius 1 is 1.08 bits per heavy atom. The number of benzene rings is 2. The van der Waals surface area contributed by atoms with Crippen LogP contribution in [0.3, 0.4) is 0 Å². The quantitative estimate of drug-likeness (QED) is 0.724. The van der Waals surface area contributed by atoms with E-state index in [4.69, 9.17) is 5.41 Å². The van der Waals surface area contributed by atoms with Crippen molar-refractivity contribution in [2.75, 3.05) is 6.54 Å². The van der Waals surface area contributed by atoms with Crippen molar-refractivity contribution >= 4 is 22.4 Å². The SMILES string of the molecule is Cn1c(C2=C(O)CN(Cc3ccccc3)C2=N)[n+](C)c2ccccc21. The van der Waals surface area contributed by atoms with Gasteiger partial charge in [-0.3, -0.25) is 5.41 Å². The highest BCUT2D eigenvalue weighted by Crippen LogP contribution is 2.28. The molecule has 2 heterocycles. The molecule has 0 radical (unpaired) electrons. The molecule has 1 aliphatic heterocycles. The lowest BCUT2D eigenvalue weighted by Crippen LogP contribution is -2.35. The van der Waals surface area contributed by atoms with Crippen LogP contribution in [-0.4, -0.2) is 27.0 Å². The molecule has 25 heavy (non-hydrogen) atoms. The van der Waals surface area contributed by atoms with Crippen molar-refractivity contribution in [2.24, 2.45) is 14.1 Å². The van der Waals surface area contributed by atoms with Gasteiger partial charge in [0.05, 0.1) is 20.6 Å². The second-order valence-electron chi connectivity index (χ2n) is 6.44. The number of rotatable bonds is 3. The fourth-order valence-corrected chi connectivity index (χ4v) is 3.63. The van der Waals surface area contributed by atoms with Crippen LogP contribution in [0.4, 0.5) is 0 Å². The van der Waals surface area contributed by atoms with Gasteiger partial charge in [0.2, 0.25) is 0 Å². The van der Waals surface area contributed by atoms with Gasteiger partial charge in [0.15, 0.2) is 11.0 Å². The number of aliphatic hydroxyl groups is 1. The number of para-hydroxylation sites is 2. The summed E-state index contributed by atoms with van der Waals surface area (Å²) in [6, 6.07) is 18.2. The number of hydrogen-bond acceptors (Lipinski definition) is 2. The zero-order chi connectivity index (χ0) is 17.6. The Balaban J connectivity index is 1.74. The predicted octanol–water partition coefficient (Wildman–Crippen LogP) is 2.76. The minimum Gasteiger partial charge on any atom is -0.509 e. The fraction of sp³-hybridized carbons (Fsp3) is 0.200. The molecule has 0 fully saturated rings. The van der Waals surface area contributed by atoms with Gasteiger partial charge in [-0.25, -0.2) is 9.13 Å². The Morgan fingerprint density at radius 3 is 2.48 bits per heavy atom. The highest BCUT2D eigenvalue weighted by atomic mass is 16.3. The van der Waals surface area contributed by atoms with E-state index in [1.807, 2.05) is 70.6 Å². The second-order valence-corrected chi connectivity index (χ2v) is 6.44. The first-order valence-corrected chi connectivity index (χ1v) is 8.31. The molecule has 2 aromatic carbocycles. The molecule has 0 atom stereocenters. The third-order valence-corrected chi connectivity index (χ3v) is 4.86. The summed E-state index contributed by atoms with van der Waals surface area (Å²) in [6.07, 6.45) is 0. The summed E-state index contributed by atoms with van der Waals surface area (Å²) in [5.74, 6) is 1.46. The number of nitrogens with zero attached hydrogens (tertiary/aromatic N) is 3. The molecule has 0 bridgehead atoms. The first-order valence-electron chi connectivity index (χ1n) is 8.31. The average molecular weight is 333 g/mol. The Bertz CT molecular complexity index is 962. The maximum Gasteiger partial charge on any atom is 0.296 e. The monoisotopic (exact) mass is 333 g/mol. The molecule has 0 amide bonds. The molecule has 3 aromatic rings. The second kappa shape index (κ2) is 5.77. The molecule has 0 unspecified atom stereocenters. The van der Waals surface area contributed by atoms with Crippen LogP contribution in [0.5, 0.6) is 0 Å². The van der Waals surface area contributed by atoms with Crippen LogP contribution in [0.25, 0.3) is 16.6 Å². The van der Waals surface area contributed by atoms with Crippen LogP contribution >= 0.6 is 0 Å². The molecular formula is C20H21N4O+. The van der Waals surface area contributed by atoms with Gasteiger partial charge in [0, 0.05) is 6.54 Å². The zero-order valence-corrected chi connectivity index (χ0v) is 14.4. The van der Waals surface area contributed by atoms with E-state index < -0.39 is 0 Å². The Morgan fingerprint density at radius 2 is 1.76 bits per heavy atom. The number of aliphatic hydroxyl groups excluding tert-OH is 1. The number of amidine groups is 1. The highest BCUT2D eigenvalue weighted by Gasteiger charge is 2.36. The number of aryl methyl sites for hydroxylation is 2. The third-order valence-electron chi connectivity index (χ3n) is 4.86. The average Bonchev–Trinajstić information content (AvgIpc) is 3.03. The van der Waals surface area contributed by atoms with Gasteiger partial charge in [-0.05, 0) is 17.7 Å². The summed E-state index contributed by atoms with van der Waals surface area (Å²) >= 11 is 0. The summed E-state index contributed by atoms with van der Waals surface area (Å²) in [7, 11) is 3.95. The lowest BCUT2D eigenvalue weighted by molar-refractivity contribution is -0.648. The van der Waals surface area contributed by atoms with E-state index >= 15 is 0 Å². The lowest BCUT2D eigenvalue weighted by atomic mass is 10.2. The van der Waals surface area contributed by atoms with Crippen LogP contribution < -0.4 is 4.57 Å². The normalized spacial score (nSPS) is 14.8. The topological polar surface area (TPSA) is 56.1 Å². The number of hydrogen-bond donors (Lipinski definition) is 2.